The van der Waals surface area contributed by atoms with E-state index in [0.717, 1.165) is 6.42 Å². The van der Waals surface area contributed by atoms with Crippen molar-refractivity contribution in [3.8, 4) is 11.5 Å². The van der Waals surface area contributed by atoms with Gasteiger partial charge in [0, 0.05) is 37.1 Å². The molecule has 0 radical (unpaired) electrons. The summed E-state index contributed by atoms with van der Waals surface area (Å²) in [4.78, 5) is 30.8. The van der Waals surface area contributed by atoms with Crippen LogP contribution in [0.4, 0.5) is 0 Å². The van der Waals surface area contributed by atoms with Crippen LogP contribution in [0.5, 0.6) is 11.5 Å². The number of thioether (sulfide) groups is 1. The lowest BCUT2D eigenvalue weighted by Crippen LogP contribution is -2.52. The molecule has 4 rings (SSSR count). The summed E-state index contributed by atoms with van der Waals surface area (Å²) in [6.45, 7) is 2.14. The molecule has 2 aromatic carbocycles. The molecule has 7 heteroatoms. The van der Waals surface area contributed by atoms with Crippen LogP contribution >= 0.6 is 11.8 Å². The number of benzene rings is 2. The zero-order chi connectivity index (χ0) is 20.4. The highest BCUT2D eigenvalue weighted by molar-refractivity contribution is 8.01. The number of nitrogens with zero attached hydrogens (tertiary/aromatic N) is 2. The Morgan fingerprint density at radius 1 is 0.966 bits per heavy atom. The lowest BCUT2D eigenvalue weighted by Gasteiger charge is -2.36. The van der Waals surface area contributed by atoms with Crippen LogP contribution in [0, 0.1) is 0 Å². The van der Waals surface area contributed by atoms with Crippen LogP contribution < -0.4 is 9.47 Å². The van der Waals surface area contributed by atoms with Gasteiger partial charge in [-0.15, -0.1) is 11.8 Å². The van der Waals surface area contributed by atoms with Crippen LogP contribution in [0.25, 0.3) is 0 Å². The first kappa shape index (κ1) is 19.6. The molecule has 2 aromatic rings. The van der Waals surface area contributed by atoms with E-state index in [1.165, 1.54) is 10.5 Å². The molecule has 0 aromatic heterocycles. The molecule has 0 aliphatic carbocycles. The SMILES string of the molecule is COc1ccc(C(=O)N2CCN(C(=O)C3Cc4ccccc4S3)CC2)c(OC)c1. The van der Waals surface area contributed by atoms with Gasteiger partial charge in [0.25, 0.3) is 5.91 Å². The predicted molar refractivity (Wildman–Crippen MR) is 112 cm³/mol. The third-order valence-corrected chi connectivity index (χ3v) is 6.75. The van der Waals surface area contributed by atoms with E-state index >= 15 is 0 Å². The minimum absolute atomic E-state index is 0.0590. The zero-order valence-corrected chi connectivity index (χ0v) is 17.4. The van der Waals surface area contributed by atoms with Gasteiger partial charge in [0.05, 0.1) is 25.0 Å². The molecule has 152 valence electrons. The van der Waals surface area contributed by atoms with E-state index in [0.29, 0.717) is 43.2 Å². The highest BCUT2D eigenvalue weighted by Gasteiger charge is 2.34. The molecule has 0 spiro atoms. The highest BCUT2D eigenvalue weighted by Crippen LogP contribution is 2.37. The number of carbonyl (C=O) groups excluding carboxylic acids is 2. The van der Waals surface area contributed by atoms with Crippen molar-refractivity contribution in [2.45, 2.75) is 16.6 Å². The van der Waals surface area contributed by atoms with Gasteiger partial charge in [-0.05, 0) is 30.2 Å². The fourth-order valence-corrected chi connectivity index (χ4v) is 5.08. The Hall–Kier alpha value is -2.67. The average molecular weight is 413 g/mol. The van der Waals surface area contributed by atoms with Crippen molar-refractivity contribution < 1.29 is 19.1 Å². The van der Waals surface area contributed by atoms with Gasteiger partial charge in [-0.25, -0.2) is 0 Å². The number of hydrogen-bond donors (Lipinski definition) is 0. The normalized spacial score (nSPS) is 18.3. The first-order valence-corrected chi connectivity index (χ1v) is 10.5. The summed E-state index contributed by atoms with van der Waals surface area (Å²) in [7, 11) is 3.12. The first-order valence-electron chi connectivity index (χ1n) is 9.65. The molecular weight excluding hydrogens is 388 g/mol. The molecular formula is C22H24N2O4S. The van der Waals surface area contributed by atoms with E-state index in [1.54, 1.807) is 49.1 Å². The molecule has 0 bridgehead atoms. The molecule has 2 heterocycles. The van der Waals surface area contributed by atoms with Crippen molar-refractivity contribution >= 4 is 23.6 Å². The van der Waals surface area contributed by atoms with Crippen LogP contribution in [0.15, 0.2) is 47.4 Å². The maximum atomic E-state index is 13.0. The number of hydrogen-bond acceptors (Lipinski definition) is 5. The van der Waals surface area contributed by atoms with Gasteiger partial charge in [0.15, 0.2) is 0 Å². The zero-order valence-electron chi connectivity index (χ0n) is 16.6. The van der Waals surface area contributed by atoms with Crippen molar-refractivity contribution in [2.24, 2.45) is 0 Å². The van der Waals surface area contributed by atoms with E-state index in [2.05, 4.69) is 12.1 Å². The Morgan fingerprint density at radius 2 is 1.69 bits per heavy atom. The maximum absolute atomic E-state index is 13.0. The first-order chi connectivity index (χ1) is 14.1. The van der Waals surface area contributed by atoms with Crippen molar-refractivity contribution in [2.75, 3.05) is 40.4 Å². The molecule has 2 amide bonds. The van der Waals surface area contributed by atoms with Crippen molar-refractivity contribution in [3.63, 3.8) is 0 Å². The lowest BCUT2D eigenvalue weighted by molar-refractivity contribution is -0.132. The summed E-state index contributed by atoms with van der Waals surface area (Å²) in [6, 6.07) is 13.4. The van der Waals surface area contributed by atoms with E-state index < -0.39 is 0 Å². The number of carbonyl (C=O) groups is 2. The summed E-state index contributed by atoms with van der Waals surface area (Å²) in [6.07, 6.45) is 0.780. The monoisotopic (exact) mass is 412 g/mol. The Labute approximate surface area is 174 Å². The second-order valence-electron chi connectivity index (χ2n) is 7.10. The number of methoxy groups -OCH3 is 2. The topological polar surface area (TPSA) is 59.1 Å². The predicted octanol–water partition coefficient (Wildman–Crippen LogP) is 2.71. The second kappa shape index (κ2) is 8.37. The molecule has 0 N–H and O–H groups in total. The highest BCUT2D eigenvalue weighted by atomic mass is 32.2. The van der Waals surface area contributed by atoms with Crippen molar-refractivity contribution in [1.29, 1.82) is 0 Å². The summed E-state index contributed by atoms with van der Waals surface area (Å²) < 4.78 is 10.6. The maximum Gasteiger partial charge on any atom is 0.257 e. The Bertz CT molecular complexity index is 900. The molecule has 1 fully saturated rings. The number of ether oxygens (including phenoxy) is 2. The molecule has 2 aliphatic heterocycles. The molecule has 29 heavy (non-hydrogen) atoms. The van der Waals surface area contributed by atoms with E-state index in [1.807, 2.05) is 17.0 Å². The fourth-order valence-electron chi connectivity index (χ4n) is 3.80. The number of amides is 2. The Balaban J connectivity index is 1.37. The molecule has 0 saturated carbocycles. The van der Waals surface area contributed by atoms with Crippen molar-refractivity contribution in [1.82, 2.24) is 9.80 Å². The Kier molecular flexibility index (Phi) is 5.67. The second-order valence-corrected chi connectivity index (χ2v) is 8.35. The van der Waals surface area contributed by atoms with Gasteiger partial charge >= 0.3 is 0 Å². The quantitative estimate of drug-likeness (QED) is 0.773. The van der Waals surface area contributed by atoms with Crippen LogP contribution in [0.3, 0.4) is 0 Å². The number of rotatable bonds is 4. The van der Waals surface area contributed by atoms with Gasteiger partial charge in [0.2, 0.25) is 5.91 Å². The smallest absolute Gasteiger partial charge is 0.257 e. The van der Waals surface area contributed by atoms with Crippen LogP contribution in [-0.4, -0.2) is 67.3 Å². The lowest BCUT2D eigenvalue weighted by atomic mass is 10.1. The van der Waals surface area contributed by atoms with Gasteiger partial charge in [0.1, 0.15) is 11.5 Å². The largest absolute Gasteiger partial charge is 0.497 e. The average Bonchev–Trinajstić information content (AvgIpc) is 3.22. The molecule has 1 saturated heterocycles. The Morgan fingerprint density at radius 3 is 2.38 bits per heavy atom. The summed E-state index contributed by atoms with van der Waals surface area (Å²) in [5.41, 5.74) is 1.76. The van der Waals surface area contributed by atoms with Gasteiger partial charge < -0.3 is 19.3 Å². The minimum atomic E-state index is -0.0840. The van der Waals surface area contributed by atoms with E-state index in [-0.39, 0.29) is 17.1 Å². The summed E-state index contributed by atoms with van der Waals surface area (Å²) >= 11 is 1.65. The molecule has 1 atom stereocenters. The van der Waals surface area contributed by atoms with Gasteiger partial charge in [-0.2, -0.15) is 0 Å². The van der Waals surface area contributed by atoms with E-state index in [4.69, 9.17) is 9.47 Å². The minimum Gasteiger partial charge on any atom is -0.497 e. The van der Waals surface area contributed by atoms with Crippen LogP contribution in [-0.2, 0) is 11.2 Å². The third-order valence-electron chi connectivity index (χ3n) is 5.44. The molecule has 6 nitrogen and oxygen atoms in total. The van der Waals surface area contributed by atoms with Crippen molar-refractivity contribution in [3.05, 3.63) is 53.6 Å². The number of fused-ring (bicyclic) bond motifs is 1. The third kappa shape index (κ3) is 3.92. The van der Waals surface area contributed by atoms with E-state index in [9.17, 15) is 9.59 Å². The summed E-state index contributed by atoms with van der Waals surface area (Å²) in [5.74, 6) is 1.22. The number of piperazine rings is 1. The summed E-state index contributed by atoms with van der Waals surface area (Å²) in [5, 5.41) is -0.0590. The molecule has 2 aliphatic rings. The standard InChI is InChI=1S/C22H24N2O4S/c1-27-16-7-8-17(18(14-16)28-2)21(25)23-9-11-24(12-10-23)22(26)20-13-15-5-3-4-6-19(15)29-20/h3-8,14,20H,9-13H2,1-2H3. The van der Waals surface area contributed by atoms with Crippen LogP contribution in [0.2, 0.25) is 0 Å². The fraction of sp³-hybridized carbons (Fsp3) is 0.364. The van der Waals surface area contributed by atoms with Gasteiger partial charge in [-0.3, -0.25) is 9.59 Å². The van der Waals surface area contributed by atoms with Crippen LogP contribution in [0.1, 0.15) is 15.9 Å². The van der Waals surface area contributed by atoms with Gasteiger partial charge in [-0.1, -0.05) is 18.2 Å². The molecule has 1 unspecified atom stereocenters.